The van der Waals surface area contributed by atoms with Gasteiger partial charge >= 0.3 is 0 Å². The zero-order valence-electron chi connectivity index (χ0n) is 10.8. The topological polar surface area (TPSA) is 46.2 Å². The molecule has 0 radical (unpaired) electrons. The maximum Gasteiger partial charge on any atom is 0.251 e. The molecular formula is C13H18ClNO2S2. The van der Waals surface area contributed by atoms with E-state index in [4.69, 9.17) is 11.6 Å². The van der Waals surface area contributed by atoms with Crippen molar-refractivity contribution in [3.8, 4) is 0 Å². The molecule has 1 aromatic heterocycles. The van der Waals surface area contributed by atoms with Crippen molar-refractivity contribution in [3.63, 3.8) is 0 Å². The Labute approximate surface area is 123 Å². The Morgan fingerprint density at radius 2 is 1.95 bits per heavy atom. The number of hydrogen-bond donors (Lipinski definition) is 1. The summed E-state index contributed by atoms with van der Waals surface area (Å²) in [5.74, 6) is 1.73. The molecule has 0 saturated heterocycles. The van der Waals surface area contributed by atoms with Gasteiger partial charge in [-0.15, -0.1) is 11.3 Å². The van der Waals surface area contributed by atoms with Crippen LogP contribution in [0.15, 0.2) is 15.7 Å². The van der Waals surface area contributed by atoms with Gasteiger partial charge in [-0.2, -0.15) is 0 Å². The van der Waals surface area contributed by atoms with Crippen LogP contribution in [0.3, 0.4) is 0 Å². The summed E-state index contributed by atoms with van der Waals surface area (Å²) in [7, 11) is -3.45. The second kappa shape index (κ2) is 5.02. The average molecular weight is 320 g/mol. The highest BCUT2D eigenvalue weighted by atomic mass is 35.5. The number of halogens is 1. The van der Waals surface area contributed by atoms with E-state index in [0.717, 1.165) is 31.6 Å². The van der Waals surface area contributed by atoms with E-state index in [0.29, 0.717) is 16.9 Å². The number of sulfonamides is 1. The molecule has 2 unspecified atom stereocenters. The van der Waals surface area contributed by atoms with Crippen molar-refractivity contribution in [2.75, 3.05) is 0 Å². The molecule has 0 aliphatic heterocycles. The van der Waals surface area contributed by atoms with E-state index in [2.05, 4.69) is 11.6 Å². The Morgan fingerprint density at radius 1 is 1.32 bits per heavy atom. The van der Waals surface area contributed by atoms with E-state index in [-0.39, 0.29) is 10.3 Å². The Balaban J connectivity index is 1.81. The molecule has 106 valence electrons. The lowest BCUT2D eigenvalue weighted by molar-refractivity contribution is 0.225. The third kappa shape index (κ3) is 2.58. The number of thiophene rings is 1. The third-order valence-electron chi connectivity index (χ3n) is 4.45. The fourth-order valence-electron chi connectivity index (χ4n) is 3.73. The average Bonchev–Trinajstić information content (AvgIpc) is 2.83. The Morgan fingerprint density at radius 3 is 2.47 bits per heavy atom. The molecule has 0 spiro atoms. The smallest absolute Gasteiger partial charge is 0.207 e. The number of rotatable bonds is 3. The molecule has 3 nitrogen and oxygen atoms in total. The Kier molecular flexibility index (Phi) is 3.67. The SMILES string of the molecule is CC1CC2CCC(C1)C2NS(=O)(=O)c1sccc1Cl. The fourth-order valence-corrected chi connectivity index (χ4v) is 6.80. The first kappa shape index (κ1) is 13.9. The van der Waals surface area contributed by atoms with Crippen LogP contribution < -0.4 is 4.72 Å². The minimum Gasteiger partial charge on any atom is -0.207 e. The van der Waals surface area contributed by atoms with Crippen molar-refractivity contribution in [1.29, 1.82) is 0 Å². The summed E-state index contributed by atoms with van der Waals surface area (Å²) >= 11 is 7.13. The maximum absolute atomic E-state index is 12.4. The summed E-state index contributed by atoms with van der Waals surface area (Å²) in [5, 5.41) is 2.04. The van der Waals surface area contributed by atoms with Crippen LogP contribution in [0.5, 0.6) is 0 Å². The zero-order chi connectivity index (χ0) is 13.6. The van der Waals surface area contributed by atoms with Gasteiger partial charge in [0.05, 0.1) is 5.02 Å². The van der Waals surface area contributed by atoms with E-state index in [1.54, 1.807) is 11.4 Å². The number of fused-ring (bicyclic) bond motifs is 2. The Hall–Kier alpha value is -0.100. The van der Waals surface area contributed by atoms with Crippen LogP contribution in [0, 0.1) is 17.8 Å². The predicted molar refractivity (Wildman–Crippen MR) is 78.1 cm³/mol. The van der Waals surface area contributed by atoms with Crippen LogP contribution in [0.25, 0.3) is 0 Å². The van der Waals surface area contributed by atoms with Crippen molar-refractivity contribution in [3.05, 3.63) is 16.5 Å². The molecular weight excluding hydrogens is 302 g/mol. The molecule has 2 fully saturated rings. The maximum atomic E-state index is 12.4. The summed E-state index contributed by atoms with van der Waals surface area (Å²) in [6.45, 7) is 2.27. The van der Waals surface area contributed by atoms with Crippen molar-refractivity contribution in [1.82, 2.24) is 4.72 Å². The van der Waals surface area contributed by atoms with Crippen LogP contribution in [-0.2, 0) is 10.0 Å². The molecule has 6 heteroatoms. The van der Waals surface area contributed by atoms with Gasteiger partial charge in [0.2, 0.25) is 0 Å². The van der Waals surface area contributed by atoms with Crippen LogP contribution >= 0.6 is 22.9 Å². The lowest BCUT2D eigenvalue weighted by atomic mass is 9.79. The summed E-state index contributed by atoms with van der Waals surface area (Å²) in [5.41, 5.74) is 0. The van der Waals surface area contributed by atoms with E-state index in [9.17, 15) is 8.42 Å². The highest BCUT2D eigenvalue weighted by molar-refractivity contribution is 7.91. The first-order valence-corrected chi connectivity index (χ1v) is 9.47. The zero-order valence-corrected chi connectivity index (χ0v) is 13.2. The third-order valence-corrected chi connectivity index (χ3v) is 7.94. The first-order valence-electron chi connectivity index (χ1n) is 6.72. The molecule has 0 amide bonds. The van der Waals surface area contributed by atoms with E-state index < -0.39 is 10.0 Å². The molecule has 2 atom stereocenters. The summed E-state index contributed by atoms with van der Waals surface area (Å²) in [6.07, 6.45) is 4.59. The number of hydrogen-bond acceptors (Lipinski definition) is 3. The van der Waals surface area contributed by atoms with Crippen LogP contribution in [0.1, 0.15) is 32.6 Å². The van der Waals surface area contributed by atoms with Crippen molar-refractivity contribution >= 4 is 33.0 Å². The first-order chi connectivity index (χ1) is 8.97. The molecule has 3 rings (SSSR count). The van der Waals surface area contributed by atoms with Gasteiger partial charge < -0.3 is 0 Å². The van der Waals surface area contributed by atoms with Crippen molar-refractivity contribution < 1.29 is 8.42 Å². The summed E-state index contributed by atoms with van der Waals surface area (Å²) in [6, 6.07) is 1.75. The highest BCUT2D eigenvalue weighted by Crippen LogP contribution is 2.45. The molecule has 2 aliphatic carbocycles. The van der Waals surface area contributed by atoms with Gasteiger partial charge in [-0.05, 0) is 54.9 Å². The van der Waals surface area contributed by atoms with Crippen molar-refractivity contribution in [2.45, 2.75) is 42.9 Å². The van der Waals surface area contributed by atoms with Gasteiger partial charge in [0.25, 0.3) is 10.0 Å². The van der Waals surface area contributed by atoms with Gasteiger partial charge in [-0.3, -0.25) is 0 Å². The van der Waals surface area contributed by atoms with Crippen molar-refractivity contribution in [2.24, 2.45) is 17.8 Å². The Bertz CT molecular complexity index is 555. The largest absolute Gasteiger partial charge is 0.251 e. The standard InChI is InChI=1S/C13H18ClNO2S2/c1-8-6-9-2-3-10(7-8)12(9)15-19(16,17)13-11(14)4-5-18-13/h4-5,8-10,12,15H,2-3,6-7H2,1H3. The molecule has 2 aliphatic rings. The normalized spacial score (nSPS) is 34.6. The lowest BCUT2D eigenvalue weighted by Gasteiger charge is -2.34. The van der Waals surface area contributed by atoms with E-state index in [1.165, 1.54) is 11.3 Å². The predicted octanol–water partition coefficient (Wildman–Crippen LogP) is 3.50. The molecule has 2 saturated carbocycles. The monoisotopic (exact) mass is 319 g/mol. The van der Waals surface area contributed by atoms with Gasteiger partial charge in [-0.1, -0.05) is 18.5 Å². The quantitative estimate of drug-likeness (QED) is 0.926. The van der Waals surface area contributed by atoms with Crippen LogP contribution in [0.4, 0.5) is 0 Å². The fraction of sp³-hybridized carbons (Fsp3) is 0.692. The van der Waals surface area contributed by atoms with Gasteiger partial charge in [0, 0.05) is 6.04 Å². The van der Waals surface area contributed by atoms with Crippen LogP contribution in [0.2, 0.25) is 5.02 Å². The summed E-state index contributed by atoms with van der Waals surface area (Å²) < 4.78 is 28.0. The van der Waals surface area contributed by atoms with Crippen LogP contribution in [-0.4, -0.2) is 14.5 Å². The highest BCUT2D eigenvalue weighted by Gasteiger charge is 2.43. The lowest BCUT2D eigenvalue weighted by Crippen LogP contribution is -2.44. The molecule has 1 heterocycles. The van der Waals surface area contributed by atoms with Gasteiger partial charge in [0.1, 0.15) is 0 Å². The molecule has 0 aromatic carbocycles. The number of nitrogens with one attached hydrogen (secondary N) is 1. The molecule has 19 heavy (non-hydrogen) atoms. The molecule has 2 bridgehead atoms. The molecule has 1 aromatic rings. The summed E-state index contributed by atoms with van der Waals surface area (Å²) in [4.78, 5) is 0. The minimum absolute atomic E-state index is 0.111. The van der Waals surface area contributed by atoms with Gasteiger partial charge in [0.15, 0.2) is 4.21 Å². The second-order valence-electron chi connectivity index (χ2n) is 5.88. The van der Waals surface area contributed by atoms with E-state index in [1.807, 2.05) is 0 Å². The van der Waals surface area contributed by atoms with Gasteiger partial charge in [-0.25, -0.2) is 13.1 Å². The second-order valence-corrected chi connectivity index (χ2v) is 9.11. The minimum atomic E-state index is -3.45. The van der Waals surface area contributed by atoms with E-state index >= 15 is 0 Å². The molecule has 1 N–H and O–H groups in total.